The summed E-state index contributed by atoms with van der Waals surface area (Å²) in [5.74, 6) is 1.54. The lowest BCUT2D eigenvalue weighted by molar-refractivity contribution is -0.0342. The Bertz CT molecular complexity index is 910. The van der Waals surface area contributed by atoms with Crippen LogP contribution in [0.15, 0.2) is 54.6 Å². The second kappa shape index (κ2) is 7.20. The van der Waals surface area contributed by atoms with Gasteiger partial charge in [-0.3, -0.25) is 4.90 Å². The number of morpholine rings is 1. The lowest BCUT2D eigenvalue weighted by Crippen LogP contribution is -2.56. The third kappa shape index (κ3) is 3.20. The fourth-order valence-electron chi connectivity index (χ4n) is 3.98. The number of carbonyl (C=O) groups excluding carboxylic acids is 1. The third-order valence-electron chi connectivity index (χ3n) is 5.36. The largest absolute Gasteiger partial charge is 0.454 e. The SMILES string of the molecule is O=C(OCc1ccccc1)N1C2C=C(c3ccc4c(c3)OCO4)CC1COC2. The normalized spacial score (nSPS) is 22.6. The summed E-state index contributed by atoms with van der Waals surface area (Å²) >= 11 is 0. The van der Waals surface area contributed by atoms with Gasteiger partial charge in [0.25, 0.3) is 0 Å². The van der Waals surface area contributed by atoms with E-state index < -0.39 is 0 Å². The van der Waals surface area contributed by atoms with Gasteiger partial charge in [0, 0.05) is 0 Å². The van der Waals surface area contributed by atoms with Crippen molar-refractivity contribution in [1.82, 2.24) is 4.90 Å². The molecule has 0 saturated carbocycles. The van der Waals surface area contributed by atoms with Gasteiger partial charge in [-0.1, -0.05) is 42.5 Å². The molecule has 0 aliphatic carbocycles. The van der Waals surface area contributed by atoms with Crippen molar-refractivity contribution in [3.05, 3.63) is 65.7 Å². The minimum Gasteiger partial charge on any atom is -0.454 e. The van der Waals surface area contributed by atoms with Crippen molar-refractivity contribution >= 4 is 11.7 Å². The first-order valence-corrected chi connectivity index (χ1v) is 9.45. The molecule has 6 heteroatoms. The van der Waals surface area contributed by atoms with Gasteiger partial charge in [0.1, 0.15) is 6.61 Å². The molecule has 2 unspecified atom stereocenters. The van der Waals surface area contributed by atoms with Crippen LogP contribution in [0.1, 0.15) is 17.5 Å². The van der Waals surface area contributed by atoms with Crippen molar-refractivity contribution in [2.45, 2.75) is 25.1 Å². The van der Waals surface area contributed by atoms with Crippen LogP contribution in [0.4, 0.5) is 4.79 Å². The zero-order valence-electron chi connectivity index (χ0n) is 15.4. The number of hydrogen-bond donors (Lipinski definition) is 0. The topological polar surface area (TPSA) is 57.2 Å². The average Bonchev–Trinajstić information content (AvgIpc) is 3.19. The van der Waals surface area contributed by atoms with Crippen molar-refractivity contribution in [1.29, 1.82) is 0 Å². The molecule has 2 atom stereocenters. The number of nitrogens with zero attached hydrogens (tertiary/aromatic N) is 1. The molecule has 2 bridgehead atoms. The summed E-state index contributed by atoms with van der Waals surface area (Å²) in [6, 6.07) is 15.5. The molecule has 2 aromatic rings. The molecule has 28 heavy (non-hydrogen) atoms. The summed E-state index contributed by atoms with van der Waals surface area (Å²) in [6.45, 7) is 1.52. The first-order valence-electron chi connectivity index (χ1n) is 9.45. The Morgan fingerprint density at radius 3 is 2.79 bits per heavy atom. The number of benzene rings is 2. The molecule has 0 aromatic heterocycles. The zero-order valence-corrected chi connectivity index (χ0v) is 15.4. The zero-order chi connectivity index (χ0) is 18.9. The van der Waals surface area contributed by atoms with Crippen LogP contribution in [0, 0.1) is 0 Å². The van der Waals surface area contributed by atoms with Crippen LogP contribution in [0.25, 0.3) is 5.57 Å². The quantitative estimate of drug-likeness (QED) is 0.815. The monoisotopic (exact) mass is 379 g/mol. The lowest BCUT2D eigenvalue weighted by Gasteiger charge is -2.43. The van der Waals surface area contributed by atoms with E-state index in [9.17, 15) is 4.79 Å². The van der Waals surface area contributed by atoms with Crippen LogP contribution in [-0.4, -0.2) is 43.1 Å². The van der Waals surface area contributed by atoms with E-state index in [-0.39, 0.29) is 31.6 Å². The van der Waals surface area contributed by atoms with Crippen LogP contribution in [0.3, 0.4) is 0 Å². The highest BCUT2D eigenvalue weighted by molar-refractivity contribution is 5.75. The number of fused-ring (bicyclic) bond motifs is 3. The number of hydrogen-bond acceptors (Lipinski definition) is 5. The van der Waals surface area contributed by atoms with Crippen LogP contribution in [0.5, 0.6) is 11.5 Å². The van der Waals surface area contributed by atoms with Gasteiger partial charge in [-0.25, -0.2) is 4.79 Å². The molecule has 0 N–H and O–H groups in total. The Morgan fingerprint density at radius 2 is 1.93 bits per heavy atom. The third-order valence-corrected chi connectivity index (χ3v) is 5.36. The number of rotatable bonds is 3. The predicted octanol–water partition coefficient (Wildman–Crippen LogP) is 3.61. The van der Waals surface area contributed by atoms with Gasteiger partial charge in [-0.2, -0.15) is 0 Å². The second-order valence-electron chi connectivity index (χ2n) is 7.17. The average molecular weight is 379 g/mol. The van der Waals surface area contributed by atoms with E-state index in [2.05, 4.69) is 6.08 Å². The van der Waals surface area contributed by atoms with Crippen molar-refractivity contribution in [3.63, 3.8) is 0 Å². The van der Waals surface area contributed by atoms with E-state index in [0.717, 1.165) is 29.0 Å². The molecule has 0 radical (unpaired) electrons. The first-order chi connectivity index (χ1) is 13.8. The number of carbonyl (C=O) groups is 1. The molecular formula is C22H21NO5. The maximum atomic E-state index is 12.8. The van der Waals surface area contributed by atoms with Gasteiger partial charge in [0.15, 0.2) is 11.5 Å². The molecule has 1 saturated heterocycles. The molecule has 0 spiro atoms. The van der Waals surface area contributed by atoms with E-state index in [4.69, 9.17) is 18.9 Å². The predicted molar refractivity (Wildman–Crippen MR) is 102 cm³/mol. The highest BCUT2D eigenvalue weighted by Gasteiger charge is 2.39. The standard InChI is InChI=1S/C22H21NO5/c24-22(26-11-15-4-2-1-3-5-15)23-18-8-17(9-19(23)13-25-12-18)16-6-7-20-21(10-16)28-14-27-20/h1-8,10,18-19H,9,11-14H2. The smallest absolute Gasteiger partial charge is 0.411 e. The fraction of sp³-hybridized carbons (Fsp3) is 0.318. The summed E-state index contributed by atoms with van der Waals surface area (Å²) in [4.78, 5) is 14.6. The van der Waals surface area contributed by atoms with E-state index >= 15 is 0 Å². The van der Waals surface area contributed by atoms with Gasteiger partial charge in [-0.15, -0.1) is 0 Å². The van der Waals surface area contributed by atoms with Crippen molar-refractivity contribution < 1.29 is 23.7 Å². The van der Waals surface area contributed by atoms with Gasteiger partial charge >= 0.3 is 6.09 Å². The molecule has 1 amide bonds. The molecule has 3 heterocycles. The van der Waals surface area contributed by atoms with E-state index in [0.29, 0.717) is 13.2 Å². The van der Waals surface area contributed by atoms with Crippen molar-refractivity contribution in [2.75, 3.05) is 20.0 Å². The van der Waals surface area contributed by atoms with Gasteiger partial charge in [0.05, 0.1) is 25.3 Å². The van der Waals surface area contributed by atoms with E-state index in [1.165, 1.54) is 5.57 Å². The minimum absolute atomic E-state index is 0.0348. The van der Waals surface area contributed by atoms with E-state index in [1.807, 2.05) is 53.4 Å². The highest BCUT2D eigenvalue weighted by Crippen LogP contribution is 2.38. The highest BCUT2D eigenvalue weighted by atomic mass is 16.7. The molecule has 144 valence electrons. The Kier molecular flexibility index (Phi) is 4.41. The number of ether oxygens (including phenoxy) is 4. The molecule has 1 fully saturated rings. The van der Waals surface area contributed by atoms with Crippen LogP contribution >= 0.6 is 0 Å². The molecule has 5 rings (SSSR count). The van der Waals surface area contributed by atoms with Gasteiger partial charge in [0.2, 0.25) is 6.79 Å². The van der Waals surface area contributed by atoms with Gasteiger partial charge < -0.3 is 18.9 Å². The Labute approximate surface area is 163 Å². The summed E-state index contributed by atoms with van der Waals surface area (Å²) in [6.07, 6.45) is 2.54. The lowest BCUT2D eigenvalue weighted by atomic mass is 9.90. The fourth-order valence-corrected chi connectivity index (χ4v) is 3.98. The van der Waals surface area contributed by atoms with Crippen LogP contribution in [0.2, 0.25) is 0 Å². The minimum atomic E-state index is -0.289. The Hall–Kier alpha value is -2.99. The van der Waals surface area contributed by atoms with Crippen LogP contribution in [-0.2, 0) is 16.1 Å². The van der Waals surface area contributed by atoms with Crippen molar-refractivity contribution in [2.24, 2.45) is 0 Å². The summed E-state index contributed by atoms with van der Waals surface area (Å²) in [5.41, 5.74) is 3.27. The summed E-state index contributed by atoms with van der Waals surface area (Å²) in [5, 5.41) is 0. The summed E-state index contributed by atoms with van der Waals surface area (Å²) in [7, 11) is 0. The summed E-state index contributed by atoms with van der Waals surface area (Å²) < 4.78 is 22.2. The number of amides is 1. The molecule has 3 aliphatic heterocycles. The molecule has 3 aliphatic rings. The second-order valence-corrected chi connectivity index (χ2v) is 7.17. The Balaban J connectivity index is 1.33. The molecule has 2 aromatic carbocycles. The van der Waals surface area contributed by atoms with Crippen LogP contribution < -0.4 is 9.47 Å². The molecule has 6 nitrogen and oxygen atoms in total. The van der Waals surface area contributed by atoms with E-state index in [1.54, 1.807) is 0 Å². The molecular weight excluding hydrogens is 358 g/mol. The maximum absolute atomic E-state index is 12.8. The maximum Gasteiger partial charge on any atom is 0.411 e. The van der Waals surface area contributed by atoms with Gasteiger partial charge in [-0.05, 0) is 35.3 Å². The first kappa shape index (κ1) is 17.1. The van der Waals surface area contributed by atoms with Crippen molar-refractivity contribution in [3.8, 4) is 11.5 Å². The Morgan fingerprint density at radius 1 is 1.07 bits per heavy atom.